The number of rotatable bonds is 7. The Morgan fingerprint density at radius 1 is 1.03 bits per heavy atom. The standard InChI is InChI=1S/C25H28N2O3S/c1-5-20(28)30-21-16-26-23(31-21)22(25(2,3)4)27(17-18-12-8-6-9-13-18)24(29)19-14-10-7-11-15-19/h6-16,22H,5,17H2,1-4H3. The van der Waals surface area contributed by atoms with E-state index in [1.54, 1.807) is 13.1 Å². The molecular formula is C25H28N2O3S. The first-order valence-corrected chi connectivity index (χ1v) is 11.2. The maximum absolute atomic E-state index is 13.7. The van der Waals surface area contributed by atoms with Crippen molar-refractivity contribution in [3.8, 4) is 5.06 Å². The molecule has 2 aromatic carbocycles. The summed E-state index contributed by atoms with van der Waals surface area (Å²) in [6.45, 7) is 8.47. The van der Waals surface area contributed by atoms with Crippen molar-refractivity contribution < 1.29 is 14.3 Å². The summed E-state index contributed by atoms with van der Waals surface area (Å²) in [4.78, 5) is 31.8. The number of hydrogen-bond donors (Lipinski definition) is 0. The quantitative estimate of drug-likeness (QED) is 0.433. The van der Waals surface area contributed by atoms with Gasteiger partial charge in [-0.05, 0) is 23.1 Å². The first kappa shape index (κ1) is 22.7. The van der Waals surface area contributed by atoms with Gasteiger partial charge in [-0.2, -0.15) is 0 Å². The smallest absolute Gasteiger partial charge is 0.311 e. The number of amides is 1. The second-order valence-corrected chi connectivity index (χ2v) is 9.42. The molecule has 0 spiro atoms. The number of carbonyl (C=O) groups excluding carboxylic acids is 2. The van der Waals surface area contributed by atoms with Crippen molar-refractivity contribution in [2.75, 3.05) is 0 Å². The molecule has 0 radical (unpaired) electrons. The van der Waals surface area contributed by atoms with Crippen LogP contribution < -0.4 is 4.74 Å². The molecular weight excluding hydrogens is 408 g/mol. The van der Waals surface area contributed by atoms with Gasteiger partial charge in [-0.1, -0.05) is 87.6 Å². The minimum atomic E-state index is -0.306. The van der Waals surface area contributed by atoms with Crippen LogP contribution in [0, 0.1) is 5.41 Å². The van der Waals surface area contributed by atoms with Crippen LogP contribution in [0.1, 0.15) is 61.1 Å². The molecule has 0 saturated carbocycles. The van der Waals surface area contributed by atoms with Crippen molar-refractivity contribution in [3.63, 3.8) is 0 Å². The molecule has 0 aliphatic rings. The van der Waals surface area contributed by atoms with Crippen LogP contribution in [0.2, 0.25) is 0 Å². The van der Waals surface area contributed by atoms with Crippen molar-refractivity contribution >= 4 is 23.2 Å². The number of carbonyl (C=O) groups is 2. The lowest BCUT2D eigenvalue weighted by atomic mass is 9.85. The average Bonchev–Trinajstić information content (AvgIpc) is 3.20. The maximum atomic E-state index is 13.7. The second kappa shape index (κ2) is 9.88. The van der Waals surface area contributed by atoms with Gasteiger partial charge in [0.2, 0.25) is 5.06 Å². The second-order valence-electron chi connectivity index (χ2n) is 8.40. The molecule has 6 heteroatoms. The fraction of sp³-hybridized carbons (Fsp3) is 0.320. The summed E-state index contributed by atoms with van der Waals surface area (Å²) < 4.78 is 5.36. The average molecular weight is 437 g/mol. The molecule has 1 aromatic heterocycles. The van der Waals surface area contributed by atoms with Crippen LogP contribution in [0.3, 0.4) is 0 Å². The largest absolute Gasteiger partial charge is 0.414 e. The van der Waals surface area contributed by atoms with Crippen molar-refractivity contribution in [1.29, 1.82) is 0 Å². The normalized spacial score (nSPS) is 12.3. The van der Waals surface area contributed by atoms with E-state index >= 15 is 0 Å². The maximum Gasteiger partial charge on any atom is 0.311 e. The van der Waals surface area contributed by atoms with Crippen LogP contribution in [0.15, 0.2) is 66.9 Å². The Kier molecular flexibility index (Phi) is 7.23. The van der Waals surface area contributed by atoms with Gasteiger partial charge in [-0.3, -0.25) is 9.59 Å². The van der Waals surface area contributed by atoms with E-state index in [-0.39, 0.29) is 23.3 Å². The minimum Gasteiger partial charge on any atom is -0.414 e. The molecule has 31 heavy (non-hydrogen) atoms. The molecule has 0 aliphatic heterocycles. The molecule has 0 N–H and O–H groups in total. The zero-order valence-corrected chi connectivity index (χ0v) is 19.2. The monoisotopic (exact) mass is 436 g/mol. The lowest BCUT2D eigenvalue weighted by Crippen LogP contribution is -2.40. The van der Waals surface area contributed by atoms with E-state index in [0.717, 1.165) is 10.6 Å². The summed E-state index contributed by atoms with van der Waals surface area (Å²) in [6.07, 6.45) is 1.86. The van der Waals surface area contributed by atoms with Crippen LogP contribution >= 0.6 is 11.3 Å². The molecule has 5 nitrogen and oxygen atoms in total. The van der Waals surface area contributed by atoms with Gasteiger partial charge in [0, 0.05) is 18.5 Å². The fourth-order valence-electron chi connectivity index (χ4n) is 3.41. The number of ether oxygens (including phenoxy) is 1. The van der Waals surface area contributed by atoms with Crippen LogP contribution in [-0.2, 0) is 11.3 Å². The van der Waals surface area contributed by atoms with Crippen molar-refractivity contribution in [3.05, 3.63) is 83.0 Å². The van der Waals surface area contributed by atoms with Gasteiger partial charge in [-0.15, -0.1) is 0 Å². The van der Waals surface area contributed by atoms with Gasteiger partial charge in [-0.25, -0.2) is 4.98 Å². The highest BCUT2D eigenvalue weighted by molar-refractivity contribution is 7.13. The minimum absolute atomic E-state index is 0.0633. The zero-order valence-electron chi connectivity index (χ0n) is 18.4. The molecule has 1 atom stereocenters. The molecule has 0 fully saturated rings. The van der Waals surface area contributed by atoms with E-state index in [4.69, 9.17) is 4.74 Å². The summed E-state index contributed by atoms with van der Waals surface area (Å²) in [5.41, 5.74) is 1.36. The molecule has 1 unspecified atom stereocenters. The van der Waals surface area contributed by atoms with E-state index in [0.29, 0.717) is 23.6 Å². The number of hydrogen-bond acceptors (Lipinski definition) is 5. The van der Waals surface area contributed by atoms with Gasteiger partial charge in [0.1, 0.15) is 5.01 Å². The van der Waals surface area contributed by atoms with Gasteiger partial charge >= 0.3 is 5.97 Å². The molecule has 3 rings (SSSR count). The molecule has 0 bridgehead atoms. The third-order valence-corrected chi connectivity index (χ3v) is 5.78. The lowest BCUT2D eigenvalue weighted by Gasteiger charge is -2.39. The van der Waals surface area contributed by atoms with E-state index < -0.39 is 0 Å². The highest BCUT2D eigenvalue weighted by atomic mass is 32.1. The number of nitrogens with zero attached hydrogens (tertiary/aromatic N) is 2. The van der Waals surface area contributed by atoms with Crippen LogP contribution in [0.4, 0.5) is 0 Å². The van der Waals surface area contributed by atoms with E-state index in [1.165, 1.54) is 11.3 Å². The first-order valence-electron chi connectivity index (χ1n) is 10.4. The van der Waals surface area contributed by atoms with E-state index in [2.05, 4.69) is 25.8 Å². The summed E-state index contributed by atoms with van der Waals surface area (Å²) in [6, 6.07) is 18.9. The summed E-state index contributed by atoms with van der Waals surface area (Å²) >= 11 is 1.31. The number of esters is 1. The highest BCUT2D eigenvalue weighted by Crippen LogP contribution is 2.42. The van der Waals surface area contributed by atoms with E-state index in [1.807, 2.05) is 65.6 Å². The van der Waals surface area contributed by atoms with Gasteiger partial charge < -0.3 is 9.64 Å². The SMILES string of the molecule is CCC(=O)Oc1cnc(C(N(Cc2ccccc2)C(=O)c2ccccc2)C(C)(C)C)s1. The lowest BCUT2D eigenvalue weighted by molar-refractivity contribution is -0.133. The Morgan fingerprint density at radius 2 is 1.65 bits per heavy atom. The van der Waals surface area contributed by atoms with Crippen LogP contribution in [-0.4, -0.2) is 21.8 Å². The number of thiazole rings is 1. The summed E-state index contributed by atoms with van der Waals surface area (Å²) in [5.74, 6) is -0.365. The predicted octanol–water partition coefficient (Wildman–Crippen LogP) is 5.89. The summed E-state index contributed by atoms with van der Waals surface area (Å²) in [5, 5.41) is 1.19. The zero-order chi connectivity index (χ0) is 22.4. The predicted molar refractivity (Wildman–Crippen MR) is 123 cm³/mol. The van der Waals surface area contributed by atoms with Gasteiger partial charge in [0.05, 0.1) is 12.2 Å². The highest BCUT2D eigenvalue weighted by Gasteiger charge is 2.37. The number of benzene rings is 2. The Bertz CT molecular complexity index is 1010. The van der Waals surface area contributed by atoms with Crippen molar-refractivity contribution in [2.24, 2.45) is 5.41 Å². The first-order chi connectivity index (χ1) is 14.8. The fourth-order valence-corrected chi connectivity index (χ4v) is 4.55. The molecule has 0 saturated heterocycles. The Hall–Kier alpha value is -2.99. The van der Waals surface area contributed by atoms with E-state index in [9.17, 15) is 9.59 Å². The molecule has 1 heterocycles. The topological polar surface area (TPSA) is 59.5 Å². The molecule has 0 aliphatic carbocycles. The number of aromatic nitrogens is 1. The van der Waals surface area contributed by atoms with Gasteiger partial charge in [0.15, 0.2) is 0 Å². The molecule has 162 valence electrons. The van der Waals surface area contributed by atoms with Crippen LogP contribution in [0.5, 0.6) is 5.06 Å². The van der Waals surface area contributed by atoms with Gasteiger partial charge in [0.25, 0.3) is 5.91 Å². The van der Waals surface area contributed by atoms with Crippen molar-refractivity contribution in [1.82, 2.24) is 9.88 Å². The third-order valence-electron chi connectivity index (χ3n) is 4.85. The Morgan fingerprint density at radius 3 is 2.23 bits per heavy atom. The molecule has 3 aromatic rings. The van der Waals surface area contributed by atoms with Crippen LogP contribution in [0.25, 0.3) is 0 Å². The Labute approximate surface area is 187 Å². The Balaban J connectivity index is 2.03. The van der Waals surface area contributed by atoms with Crippen molar-refractivity contribution in [2.45, 2.75) is 46.7 Å². The third kappa shape index (κ3) is 5.79. The summed E-state index contributed by atoms with van der Waals surface area (Å²) in [7, 11) is 0. The molecule has 1 amide bonds.